The molecule has 0 bridgehead atoms. The summed E-state index contributed by atoms with van der Waals surface area (Å²) in [5.74, 6) is 0.294. The van der Waals surface area contributed by atoms with Crippen molar-refractivity contribution in [2.75, 3.05) is 5.32 Å². The van der Waals surface area contributed by atoms with Crippen molar-refractivity contribution in [1.29, 1.82) is 0 Å². The topological polar surface area (TPSA) is 71.3 Å². The number of aryl methyl sites for hydroxylation is 1. The fourth-order valence-electron chi connectivity index (χ4n) is 3.32. The molecule has 6 nitrogen and oxygen atoms in total. The second-order valence-corrected chi connectivity index (χ2v) is 7.75. The van der Waals surface area contributed by atoms with Crippen LogP contribution in [0, 0.1) is 12.7 Å². The molecule has 2 aromatic carbocycles. The molecule has 0 atom stereocenters. The summed E-state index contributed by atoms with van der Waals surface area (Å²) in [7, 11) is 0. The summed E-state index contributed by atoms with van der Waals surface area (Å²) in [6, 6.07) is 15.9. The minimum Gasteiger partial charge on any atom is -0.366 e. The van der Waals surface area contributed by atoms with Gasteiger partial charge in [0.05, 0.1) is 11.9 Å². The Bertz CT molecular complexity index is 1230. The van der Waals surface area contributed by atoms with E-state index in [9.17, 15) is 9.18 Å². The van der Waals surface area contributed by atoms with Crippen LogP contribution in [0.2, 0.25) is 0 Å². The highest BCUT2D eigenvalue weighted by Crippen LogP contribution is 2.26. The Morgan fingerprint density at radius 3 is 2.58 bits per heavy atom. The molecule has 31 heavy (non-hydrogen) atoms. The van der Waals surface area contributed by atoms with Crippen LogP contribution in [0.15, 0.2) is 60.8 Å². The lowest BCUT2D eigenvalue weighted by molar-refractivity contribution is 0.0943. The van der Waals surface area contributed by atoms with Gasteiger partial charge >= 0.3 is 0 Å². The summed E-state index contributed by atoms with van der Waals surface area (Å²) >= 11 is 0. The van der Waals surface area contributed by atoms with Gasteiger partial charge in [0.15, 0.2) is 5.65 Å². The summed E-state index contributed by atoms with van der Waals surface area (Å²) in [6.07, 6.45) is 1.74. The van der Waals surface area contributed by atoms with Crippen molar-refractivity contribution in [1.82, 2.24) is 19.9 Å². The van der Waals surface area contributed by atoms with E-state index in [1.165, 1.54) is 6.07 Å². The molecule has 0 fully saturated rings. The number of benzene rings is 2. The van der Waals surface area contributed by atoms with Crippen LogP contribution in [-0.4, -0.2) is 26.5 Å². The molecule has 0 saturated carbocycles. The Kier molecular flexibility index (Phi) is 5.66. The maximum atomic E-state index is 14.4. The van der Waals surface area contributed by atoms with Crippen LogP contribution in [0.4, 0.5) is 10.2 Å². The fourth-order valence-corrected chi connectivity index (χ4v) is 3.32. The summed E-state index contributed by atoms with van der Waals surface area (Å²) < 4.78 is 16.1. The Hall–Kier alpha value is -3.74. The van der Waals surface area contributed by atoms with Crippen molar-refractivity contribution in [3.63, 3.8) is 0 Å². The minimum atomic E-state index is -0.322. The molecule has 0 radical (unpaired) electrons. The van der Waals surface area contributed by atoms with E-state index < -0.39 is 0 Å². The van der Waals surface area contributed by atoms with E-state index in [2.05, 4.69) is 20.7 Å². The number of hydrogen-bond donors (Lipinski definition) is 2. The monoisotopic (exact) mass is 417 g/mol. The van der Waals surface area contributed by atoms with Gasteiger partial charge in [0, 0.05) is 35.3 Å². The highest BCUT2D eigenvalue weighted by molar-refractivity contribution is 5.94. The van der Waals surface area contributed by atoms with Gasteiger partial charge in [-0.2, -0.15) is 9.61 Å². The average Bonchev–Trinajstić information content (AvgIpc) is 3.13. The van der Waals surface area contributed by atoms with Crippen molar-refractivity contribution >= 4 is 17.4 Å². The third-order valence-corrected chi connectivity index (χ3v) is 4.91. The molecule has 4 aromatic rings. The number of carbonyl (C=O) groups is 1. The van der Waals surface area contributed by atoms with E-state index in [4.69, 9.17) is 0 Å². The van der Waals surface area contributed by atoms with Gasteiger partial charge in [-0.1, -0.05) is 24.3 Å². The highest BCUT2D eigenvalue weighted by atomic mass is 19.1. The normalized spacial score (nSPS) is 11.1. The molecule has 0 unspecified atom stereocenters. The van der Waals surface area contributed by atoms with Crippen molar-refractivity contribution in [2.45, 2.75) is 33.4 Å². The third-order valence-electron chi connectivity index (χ3n) is 4.91. The zero-order valence-electron chi connectivity index (χ0n) is 17.7. The highest BCUT2D eigenvalue weighted by Gasteiger charge is 2.13. The molecule has 2 N–H and O–H groups in total. The maximum absolute atomic E-state index is 14.4. The molecule has 0 aliphatic rings. The van der Waals surface area contributed by atoms with Crippen molar-refractivity contribution in [3.05, 3.63) is 83.3 Å². The van der Waals surface area contributed by atoms with E-state index in [-0.39, 0.29) is 17.8 Å². The molecular formula is C24H24FN5O. The molecular weight excluding hydrogens is 393 g/mol. The summed E-state index contributed by atoms with van der Waals surface area (Å²) in [5, 5.41) is 10.6. The van der Waals surface area contributed by atoms with Gasteiger partial charge in [-0.3, -0.25) is 4.79 Å². The number of fused-ring (bicyclic) bond motifs is 1. The standard InChI is InChI=1S/C24H24FN5O/c1-15(2)28-24(31)18-10-8-17(9-11-18)14-26-22-12-21(19-6-4-5-7-20(19)25)29-23-16(3)13-27-30(22)23/h4-13,15,26H,14H2,1-3H3,(H,28,31). The molecule has 7 heteroatoms. The smallest absolute Gasteiger partial charge is 0.251 e. The third kappa shape index (κ3) is 4.40. The van der Waals surface area contributed by atoms with Crippen molar-refractivity contribution in [2.24, 2.45) is 0 Å². The number of halogens is 1. The molecule has 1 amide bonds. The number of nitrogens with one attached hydrogen (secondary N) is 2. The SMILES string of the molecule is Cc1cnn2c(NCc3ccc(C(=O)NC(C)C)cc3)cc(-c3ccccc3F)nc12. The van der Waals surface area contributed by atoms with E-state index in [1.54, 1.807) is 47.1 Å². The molecule has 158 valence electrons. The largest absolute Gasteiger partial charge is 0.366 e. The lowest BCUT2D eigenvalue weighted by Crippen LogP contribution is -2.30. The predicted octanol–water partition coefficient (Wildman–Crippen LogP) is 4.59. The zero-order valence-corrected chi connectivity index (χ0v) is 17.7. The second-order valence-electron chi connectivity index (χ2n) is 7.75. The van der Waals surface area contributed by atoms with Crippen LogP contribution < -0.4 is 10.6 Å². The van der Waals surface area contributed by atoms with Crippen LogP contribution in [0.5, 0.6) is 0 Å². The number of amides is 1. The van der Waals surface area contributed by atoms with Gasteiger partial charge in [-0.05, 0) is 50.6 Å². The first-order chi connectivity index (χ1) is 14.9. The first kappa shape index (κ1) is 20.5. The number of anilines is 1. The average molecular weight is 417 g/mol. The fraction of sp³-hybridized carbons (Fsp3) is 0.208. The van der Waals surface area contributed by atoms with Gasteiger partial charge in [0.1, 0.15) is 11.6 Å². The molecule has 2 aromatic heterocycles. The van der Waals surface area contributed by atoms with Crippen LogP contribution in [-0.2, 0) is 6.54 Å². The maximum Gasteiger partial charge on any atom is 0.251 e. The van der Waals surface area contributed by atoms with Crippen LogP contribution >= 0.6 is 0 Å². The van der Waals surface area contributed by atoms with E-state index in [1.807, 2.05) is 32.9 Å². The van der Waals surface area contributed by atoms with Gasteiger partial charge in [-0.25, -0.2) is 9.37 Å². The number of nitrogens with zero attached hydrogens (tertiary/aromatic N) is 3. The number of hydrogen-bond acceptors (Lipinski definition) is 4. The Morgan fingerprint density at radius 2 is 1.87 bits per heavy atom. The van der Waals surface area contributed by atoms with E-state index >= 15 is 0 Å². The first-order valence-electron chi connectivity index (χ1n) is 10.2. The molecule has 0 aliphatic heterocycles. The summed E-state index contributed by atoms with van der Waals surface area (Å²) in [6.45, 7) is 6.29. The van der Waals surface area contributed by atoms with Gasteiger partial charge in [0.25, 0.3) is 5.91 Å². The van der Waals surface area contributed by atoms with Crippen molar-refractivity contribution in [3.8, 4) is 11.3 Å². The summed E-state index contributed by atoms with van der Waals surface area (Å²) in [4.78, 5) is 16.7. The van der Waals surface area contributed by atoms with Crippen LogP contribution in [0.25, 0.3) is 16.9 Å². The molecule has 4 rings (SSSR count). The lowest BCUT2D eigenvalue weighted by atomic mass is 10.1. The Labute approximate surface area is 180 Å². The zero-order chi connectivity index (χ0) is 22.0. The second kappa shape index (κ2) is 8.55. The van der Waals surface area contributed by atoms with Gasteiger partial charge < -0.3 is 10.6 Å². The Morgan fingerprint density at radius 1 is 1.13 bits per heavy atom. The quantitative estimate of drug-likeness (QED) is 0.481. The van der Waals surface area contributed by atoms with Crippen LogP contribution in [0.3, 0.4) is 0 Å². The first-order valence-corrected chi connectivity index (χ1v) is 10.2. The van der Waals surface area contributed by atoms with Crippen molar-refractivity contribution < 1.29 is 9.18 Å². The number of aromatic nitrogens is 3. The molecule has 2 heterocycles. The van der Waals surface area contributed by atoms with Crippen LogP contribution in [0.1, 0.15) is 35.3 Å². The molecule has 0 aliphatic carbocycles. The van der Waals surface area contributed by atoms with E-state index in [0.29, 0.717) is 34.8 Å². The van der Waals surface area contributed by atoms with Gasteiger partial charge in [0.2, 0.25) is 0 Å². The van der Waals surface area contributed by atoms with Gasteiger partial charge in [-0.15, -0.1) is 0 Å². The number of carbonyl (C=O) groups excluding carboxylic acids is 1. The molecule has 0 saturated heterocycles. The lowest BCUT2D eigenvalue weighted by Gasteiger charge is -2.12. The predicted molar refractivity (Wildman–Crippen MR) is 119 cm³/mol. The summed E-state index contributed by atoms with van der Waals surface area (Å²) in [5.41, 5.74) is 4.17. The molecule has 0 spiro atoms. The number of rotatable bonds is 6. The minimum absolute atomic E-state index is 0.0871. The van der Waals surface area contributed by atoms with E-state index in [0.717, 1.165) is 11.1 Å². The Balaban J connectivity index is 1.60.